The molecule has 2 rings (SSSR count). The zero-order valence-electron chi connectivity index (χ0n) is 9.29. The maximum absolute atomic E-state index is 9.34. The number of phenolic OH excluding ortho intramolecular Hbond substituents is 1. The van der Waals surface area contributed by atoms with Gasteiger partial charge in [-0.25, -0.2) is 0 Å². The number of aromatic hydroxyl groups is 1. The molecule has 0 unspecified atom stereocenters. The normalized spacial score (nSPS) is 18.5. The summed E-state index contributed by atoms with van der Waals surface area (Å²) in [5, 5.41) is 13.0. The van der Waals surface area contributed by atoms with E-state index in [1.165, 1.54) is 25.7 Å². The number of rotatable bonds is 4. The minimum Gasteiger partial charge on any atom is -0.508 e. The predicted molar refractivity (Wildman–Crippen MR) is 61.8 cm³/mol. The molecular weight excluding hydrogens is 186 g/mol. The van der Waals surface area contributed by atoms with Crippen LogP contribution < -0.4 is 5.32 Å². The molecule has 2 N–H and O–H groups in total. The summed E-state index contributed by atoms with van der Waals surface area (Å²) in [6, 6.07) is 7.48. The summed E-state index contributed by atoms with van der Waals surface area (Å²) in [5.41, 5.74) is 1.54. The summed E-state index contributed by atoms with van der Waals surface area (Å²) in [6.07, 6.45) is 5.14. The summed E-state index contributed by atoms with van der Waals surface area (Å²) in [4.78, 5) is 0. The lowest BCUT2D eigenvalue weighted by molar-refractivity contribution is 0.175. The molecule has 0 spiro atoms. The average molecular weight is 205 g/mol. The number of nitrogens with one attached hydrogen (secondary N) is 1. The van der Waals surface area contributed by atoms with E-state index in [4.69, 9.17) is 0 Å². The van der Waals surface area contributed by atoms with E-state index in [2.05, 4.69) is 18.3 Å². The van der Waals surface area contributed by atoms with Crippen LogP contribution in [-0.2, 0) is 6.54 Å². The van der Waals surface area contributed by atoms with Gasteiger partial charge in [-0.3, -0.25) is 0 Å². The summed E-state index contributed by atoms with van der Waals surface area (Å²) in [7, 11) is 0. The quantitative estimate of drug-likeness (QED) is 0.792. The Bertz CT molecular complexity index is 326. The van der Waals surface area contributed by atoms with Crippen molar-refractivity contribution < 1.29 is 5.11 Å². The molecule has 1 aromatic rings. The second-order valence-electron chi connectivity index (χ2n) is 4.51. The highest BCUT2D eigenvalue weighted by atomic mass is 16.3. The first-order valence-corrected chi connectivity index (χ1v) is 5.77. The van der Waals surface area contributed by atoms with E-state index >= 15 is 0 Å². The maximum Gasteiger partial charge on any atom is 0.115 e. The Morgan fingerprint density at radius 3 is 2.73 bits per heavy atom. The van der Waals surface area contributed by atoms with Crippen LogP contribution >= 0.6 is 0 Å². The Hall–Kier alpha value is -1.02. The molecule has 1 saturated carbocycles. The second-order valence-corrected chi connectivity index (χ2v) is 4.51. The SMILES string of the molecule is CCC1(NCc2cccc(O)c2)CCC1. The molecular formula is C13H19NO. The van der Waals surface area contributed by atoms with Crippen LogP contribution in [0, 0.1) is 0 Å². The third-order valence-electron chi connectivity index (χ3n) is 3.57. The van der Waals surface area contributed by atoms with Crippen molar-refractivity contribution in [1.29, 1.82) is 0 Å². The van der Waals surface area contributed by atoms with Gasteiger partial charge in [0.05, 0.1) is 0 Å². The minimum atomic E-state index is 0.355. The van der Waals surface area contributed by atoms with Gasteiger partial charge in [0.2, 0.25) is 0 Å². The summed E-state index contributed by atoms with van der Waals surface area (Å²) >= 11 is 0. The zero-order valence-corrected chi connectivity index (χ0v) is 9.29. The Morgan fingerprint density at radius 2 is 2.20 bits per heavy atom. The van der Waals surface area contributed by atoms with E-state index in [0.29, 0.717) is 11.3 Å². The fourth-order valence-corrected chi connectivity index (χ4v) is 2.21. The predicted octanol–water partition coefficient (Wildman–Crippen LogP) is 2.81. The summed E-state index contributed by atoms with van der Waals surface area (Å²) in [6.45, 7) is 3.11. The lowest BCUT2D eigenvalue weighted by atomic mass is 9.75. The van der Waals surface area contributed by atoms with E-state index in [1.807, 2.05) is 12.1 Å². The van der Waals surface area contributed by atoms with Gasteiger partial charge in [0.15, 0.2) is 0 Å². The van der Waals surface area contributed by atoms with Crippen molar-refractivity contribution in [3.8, 4) is 5.75 Å². The smallest absolute Gasteiger partial charge is 0.115 e. The van der Waals surface area contributed by atoms with Crippen LogP contribution in [0.15, 0.2) is 24.3 Å². The van der Waals surface area contributed by atoms with Crippen molar-refractivity contribution in [2.75, 3.05) is 0 Å². The third-order valence-corrected chi connectivity index (χ3v) is 3.57. The monoisotopic (exact) mass is 205 g/mol. The van der Waals surface area contributed by atoms with Gasteiger partial charge in [0.25, 0.3) is 0 Å². The van der Waals surface area contributed by atoms with Gasteiger partial charge in [0, 0.05) is 12.1 Å². The number of hydrogen-bond donors (Lipinski definition) is 2. The van der Waals surface area contributed by atoms with Crippen molar-refractivity contribution in [1.82, 2.24) is 5.32 Å². The molecule has 1 aliphatic carbocycles. The minimum absolute atomic E-state index is 0.355. The first-order valence-electron chi connectivity index (χ1n) is 5.77. The molecule has 0 aromatic heterocycles. The van der Waals surface area contributed by atoms with Crippen molar-refractivity contribution in [3.63, 3.8) is 0 Å². The molecule has 15 heavy (non-hydrogen) atoms. The van der Waals surface area contributed by atoms with Crippen molar-refractivity contribution in [3.05, 3.63) is 29.8 Å². The lowest BCUT2D eigenvalue weighted by Gasteiger charge is -2.42. The van der Waals surface area contributed by atoms with Gasteiger partial charge >= 0.3 is 0 Å². The first kappa shape index (κ1) is 10.5. The van der Waals surface area contributed by atoms with E-state index in [-0.39, 0.29) is 0 Å². The molecule has 0 saturated heterocycles. The fraction of sp³-hybridized carbons (Fsp3) is 0.538. The van der Waals surface area contributed by atoms with Gasteiger partial charge in [-0.15, -0.1) is 0 Å². The Labute approximate surface area is 91.3 Å². The highest BCUT2D eigenvalue weighted by molar-refractivity contribution is 5.27. The Balaban J connectivity index is 1.92. The highest BCUT2D eigenvalue weighted by Crippen LogP contribution is 2.34. The molecule has 1 fully saturated rings. The van der Waals surface area contributed by atoms with Crippen LogP contribution in [0.5, 0.6) is 5.75 Å². The molecule has 1 aliphatic rings. The van der Waals surface area contributed by atoms with E-state index in [1.54, 1.807) is 6.07 Å². The molecule has 2 heteroatoms. The Kier molecular flexibility index (Phi) is 2.96. The molecule has 0 amide bonds. The summed E-state index contributed by atoms with van der Waals surface area (Å²) < 4.78 is 0. The topological polar surface area (TPSA) is 32.3 Å². The van der Waals surface area contributed by atoms with Gasteiger partial charge < -0.3 is 10.4 Å². The fourth-order valence-electron chi connectivity index (χ4n) is 2.21. The van der Waals surface area contributed by atoms with E-state index in [9.17, 15) is 5.11 Å². The maximum atomic E-state index is 9.34. The number of phenols is 1. The highest BCUT2D eigenvalue weighted by Gasteiger charge is 2.33. The number of benzene rings is 1. The van der Waals surface area contributed by atoms with Crippen LogP contribution in [0.1, 0.15) is 38.2 Å². The standard InChI is InChI=1S/C13H19NO/c1-2-13(7-4-8-13)14-10-11-5-3-6-12(15)9-11/h3,5-6,9,14-15H,2,4,7-8,10H2,1H3. The zero-order chi connectivity index (χ0) is 10.7. The van der Waals surface area contributed by atoms with Gasteiger partial charge in [-0.2, -0.15) is 0 Å². The Morgan fingerprint density at radius 1 is 1.40 bits per heavy atom. The van der Waals surface area contributed by atoms with Crippen molar-refractivity contribution >= 4 is 0 Å². The lowest BCUT2D eigenvalue weighted by Crippen LogP contribution is -2.49. The van der Waals surface area contributed by atoms with Crippen molar-refractivity contribution in [2.24, 2.45) is 0 Å². The summed E-state index contributed by atoms with van der Waals surface area (Å²) in [5.74, 6) is 0.355. The van der Waals surface area contributed by atoms with Crippen LogP contribution in [0.3, 0.4) is 0 Å². The van der Waals surface area contributed by atoms with Gasteiger partial charge in [0.1, 0.15) is 5.75 Å². The van der Waals surface area contributed by atoms with Crippen LogP contribution in [0.2, 0.25) is 0 Å². The molecule has 0 heterocycles. The molecule has 0 radical (unpaired) electrons. The third kappa shape index (κ3) is 2.32. The largest absolute Gasteiger partial charge is 0.508 e. The molecule has 0 aliphatic heterocycles. The van der Waals surface area contributed by atoms with Crippen LogP contribution in [-0.4, -0.2) is 10.6 Å². The molecule has 0 atom stereocenters. The van der Waals surface area contributed by atoms with Crippen molar-refractivity contribution in [2.45, 2.75) is 44.7 Å². The number of hydrogen-bond acceptors (Lipinski definition) is 2. The molecule has 0 bridgehead atoms. The van der Waals surface area contributed by atoms with E-state index in [0.717, 1.165) is 12.1 Å². The van der Waals surface area contributed by atoms with E-state index < -0.39 is 0 Å². The molecule has 2 nitrogen and oxygen atoms in total. The molecule has 82 valence electrons. The van der Waals surface area contributed by atoms with Crippen LogP contribution in [0.4, 0.5) is 0 Å². The first-order chi connectivity index (χ1) is 7.24. The van der Waals surface area contributed by atoms with Gasteiger partial charge in [-0.1, -0.05) is 19.1 Å². The van der Waals surface area contributed by atoms with Gasteiger partial charge in [-0.05, 0) is 43.4 Å². The second kappa shape index (κ2) is 4.23. The van der Waals surface area contributed by atoms with Crippen LogP contribution in [0.25, 0.3) is 0 Å². The average Bonchev–Trinajstić information content (AvgIpc) is 2.17. The molecule has 1 aromatic carbocycles.